The number of hydrazone groups is 1. The first kappa shape index (κ1) is 23.3. The highest BCUT2D eigenvalue weighted by Gasteiger charge is 2.23. The number of non-ortho nitro benzene ring substituents is 1. The lowest BCUT2D eigenvalue weighted by molar-refractivity contribution is -0.385. The van der Waals surface area contributed by atoms with E-state index in [-0.39, 0.29) is 28.6 Å². The summed E-state index contributed by atoms with van der Waals surface area (Å²) in [6.45, 7) is 0. The first-order chi connectivity index (χ1) is 15.7. The van der Waals surface area contributed by atoms with Gasteiger partial charge in [-0.2, -0.15) is 5.10 Å². The normalized spacial score (nSPS) is 11.2. The summed E-state index contributed by atoms with van der Waals surface area (Å²) in [5.74, 6) is 0.464. The van der Waals surface area contributed by atoms with Gasteiger partial charge in [0.2, 0.25) is 0 Å². The number of sulfonamides is 1. The Balaban J connectivity index is 1.94. The molecule has 3 aromatic carbocycles. The number of ether oxygens (including phenoxy) is 2. The number of rotatable bonds is 9. The first-order valence-electron chi connectivity index (χ1n) is 9.35. The molecule has 0 saturated heterocycles. The summed E-state index contributed by atoms with van der Waals surface area (Å²) >= 11 is 0. The largest absolute Gasteiger partial charge is 0.504 e. The van der Waals surface area contributed by atoms with Crippen LogP contribution in [0.5, 0.6) is 17.2 Å². The van der Waals surface area contributed by atoms with E-state index in [0.29, 0.717) is 5.56 Å². The Morgan fingerprint density at radius 1 is 1.00 bits per heavy atom. The SMILES string of the molecule is COc1ccc(C=NNc2ccc([N+](=O)[O-])cc2S(=O)(=O)Nc2ccccc2OC)cc1O. The maximum atomic E-state index is 13.1. The zero-order valence-corrected chi connectivity index (χ0v) is 18.4. The summed E-state index contributed by atoms with van der Waals surface area (Å²) in [5, 5.41) is 25.1. The van der Waals surface area contributed by atoms with Gasteiger partial charge in [0.25, 0.3) is 15.7 Å². The van der Waals surface area contributed by atoms with E-state index < -0.39 is 25.5 Å². The molecule has 3 aromatic rings. The van der Waals surface area contributed by atoms with Gasteiger partial charge in [-0.05, 0) is 42.0 Å². The molecule has 0 saturated carbocycles. The van der Waals surface area contributed by atoms with Gasteiger partial charge < -0.3 is 14.6 Å². The van der Waals surface area contributed by atoms with Gasteiger partial charge in [0.15, 0.2) is 11.5 Å². The predicted octanol–water partition coefficient (Wildman–Crippen LogP) is 3.56. The number of hydrogen-bond donors (Lipinski definition) is 3. The molecule has 0 atom stereocenters. The molecule has 0 spiro atoms. The molecule has 0 aliphatic rings. The van der Waals surface area contributed by atoms with Crippen molar-refractivity contribution in [3.63, 3.8) is 0 Å². The van der Waals surface area contributed by atoms with Crippen molar-refractivity contribution in [1.29, 1.82) is 0 Å². The number of methoxy groups -OCH3 is 2. The van der Waals surface area contributed by atoms with Crippen LogP contribution in [0.4, 0.5) is 17.1 Å². The van der Waals surface area contributed by atoms with Gasteiger partial charge in [-0.15, -0.1) is 0 Å². The van der Waals surface area contributed by atoms with Crippen molar-refractivity contribution in [1.82, 2.24) is 0 Å². The zero-order chi connectivity index (χ0) is 24.0. The van der Waals surface area contributed by atoms with Crippen molar-refractivity contribution in [2.75, 3.05) is 24.4 Å². The van der Waals surface area contributed by atoms with Crippen LogP contribution in [0.25, 0.3) is 0 Å². The van der Waals surface area contributed by atoms with Crippen LogP contribution in [0, 0.1) is 10.1 Å². The number of phenolic OH excluding ortho intramolecular Hbond substituents is 1. The van der Waals surface area contributed by atoms with E-state index >= 15 is 0 Å². The minimum absolute atomic E-state index is 0.00279. The lowest BCUT2D eigenvalue weighted by Crippen LogP contribution is -2.15. The van der Waals surface area contributed by atoms with Gasteiger partial charge in [0.1, 0.15) is 10.6 Å². The van der Waals surface area contributed by atoms with E-state index in [0.717, 1.165) is 12.1 Å². The molecule has 0 bridgehead atoms. The number of benzene rings is 3. The molecule has 11 nitrogen and oxygen atoms in total. The van der Waals surface area contributed by atoms with Crippen LogP contribution in [0.1, 0.15) is 5.56 Å². The fourth-order valence-electron chi connectivity index (χ4n) is 2.83. The highest BCUT2D eigenvalue weighted by Crippen LogP contribution is 2.31. The van der Waals surface area contributed by atoms with Crippen LogP contribution >= 0.6 is 0 Å². The molecule has 172 valence electrons. The van der Waals surface area contributed by atoms with E-state index in [2.05, 4.69) is 15.2 Å². The smallest absolute Gasteiger partial charge is 0.270 e. The predicted molar refractivity (Wildman–Crippen MR) is 123 cm³/mol. The number of aromatic hydroxyl groups is 1. The zero-order valence-electron chi connectivity index (χ0n) is 17.6. The Morgan fingerprint density at radius 2 is 1.73 bits per heavy atom. The van der Waals surface area contributed by atoms with Crippen molar-refractivity contribution < 1.29 is 27.9 Å². The number of anilines is 2. The summed E-state index contributed by atoms with van der Waals surface area (Å²) in [6.07, 6.45) is 1.34. The molecular formula is C21H20N4O7S. The van der Waals surface area contributed by atoms with E-state index in [1.165, 1.54) is 44.7 Å². The Morgan fingerprint density at radius 3 is 2.39 bits per heavy atom. The van der Waals surface area contributed by atoms with E-state index in [9.17, 15) is 23.6 Å². The van der Waals surface area contributed by atoms with Crippen LogP contribution in [0.15, 0.2) is 70.7 Å². The van der Waals surface area contributed by atoms with E-state index in [4.69, 9.17) is 9.47 Å². The molecule has 3 N–H and O–H groups in total. The molecule has 0 fully saturated rings. The molecule has 0 radical (unpaired) electrons. The van der Waals surface area contributed by atoms with Gasteiger partial charge in [-0.1, -0.05) is 12.1 Å². The quantitative estimate of drug-likeness (QED) is 0.243. The van der Waals surface area contributed by atoms with Crippen LogP contribution in [-0.2, 0) is 10.0 Å². The highest BCUT2D eigenvalue weighted by molar-refractivity contribution is 7.93. The van der Waals surface area contributed by atoms with Crippen molar-refractivity contribution in [3.8, 4) is 17.2 Å². The monoisotopic (exact) mass is 472 g/mol. The molecule has 3 rings (SSSR count). The van der Waals surface area contributed by atoms with E-state index in [1.807, 2.05) is 0 Å². The summed E-state index contributed by atoms with van der Waals surface area (Å²) in [6, 6.07) is 14.2. The molecule has 0 aliphatic heterocycles. The summed E-state index contributed by atoms with van der Waals surface area (Å²) in [5.41, 5.74) is 2.83. The van der Waals surface area contributed by atoms with Gasteiger partial charge >= 0.3 is 0 Å². The maximum absolute atomic E-state index is 13.1. The average Bonchev–Trinajstić information content (AvgIpc) is 2.79. The minimum atomic E-state index is -4.27. The van der Waals surface area contributed by atoms with Crippen LogP contribution in [0.3, 0.4) is 0 Å². The third-order valence-electron chi connectivity index (χ3n) is 4.42. The molecule has 0 amide bonds. The van der Waals surface area contributed by atoms with Crippen LogP contribution < -0.4 is 19.6 Å². The van der Waals surface area contributed by atoms with Gasteiger partial charge in [0.05, 0.1) is 36.7 Å². The molecule has 0 aliphatic carbocycles. The van der Waals surface area contributed by atoms with Gasteiger partial charge in [-0.25, -0.2) is 8.42 Å². The first-order valence-corrected chi connectivity index (χ1v) is 10.8. The molecule has 0 unspecified atom stereocenters. The third-order valence-corrected chi connectivity index (χ3v) is 5.82. The second-order valence-electron chi connectivity index (χ2n) is 6.54. The third kappa shape index (κ3) is 5.49. The second-order valence-corrected chi connectivity index (χ2v) is 8.20. The summed E-state index contributed by atoms with van der Waals surface area (Å²) < 4.78 is 38.7. The second kappa shape index (κ2) is 9.87. The lowest BCUT2D eigenvalue weighted by atomic mass is 10.2. The highest BCUT2D eigenvalue weighted by atomic mass is 32.2. The topological polar surface area (TPSA) is 152 Å². The molecular weight excluding hydrogens is 452 g/mol. The number of nitro groups is 1. The standard InChI is InChI=1S/C21H20N4O7S/c1-31-19-6-4-3-5-16(19)24-33(29,30)21-12-15(25(27)28)8-9-17(21)23-22-13-14-7-10-20(32-2)18(26)11-14/h3-13,23-24,26H,1-2H3. The fraction of sp³-hybridized carbons (Fsp3) is 0.0952. The Hall–Kier alpha value is -4.32. The minimum Gasteiger partial charge on any atom is -0.504 e. The fourth-order valence-corrected chi connectivity index (χ4v) is 4.08. The molecule has 33 heavy (non-hydrogen) atoms. The summed E-state index contributed by atoms with van der Waals surface area (Å²) in [7, 11) is -1.47. The van der Waals surface area contributed by atoms with Crippen molar-refractivity contribution in [3.05, 3.63) is 76.3 Å². The number of nitrogens with zero attached hydrogens (tertiary/aromatic N) is 2. The van der Waals surface area contributed by atoms with Crippen molar-refractivity contribution in [2.45, 2.75) is 4.90 Å². The van der Waals surface area contributed by atoms with Crippen LogP contribution in [-0.4, -0.2) is 38.9 Å². The Labute approximate surface area is 189 Å². The lowest BCUT2D eigenvalue weighted by Gasteiger charge is -2.14. The van der Waals surface area contributed by atoms with Crippen molar-refractivity contribution >= 4 is 33.3 Å². The molecule has 0 aromatic heterocycles. The summed E-state index contributed by atoms with van der Waals surface area (Å²) in [4.78, 5) is 10.1. The van der Waals surface area contributed by atoms with Gasteiger partial charge in [-0.3, -0.25) is 20.3 Å². The average molecular weight is 472 g/mol. The van der Waals surface area contributed by atoms with E-state index in [1.54, 1.807) is 24.3 Å². The maximum Gasteiger partial charge on any atom is 0.270 e. The number of nitro benzene ring substituents is 1. The van der Waals surface area contributed by atoms with Crippen molar-refractivity contribution in [2.24, 2.45) is 5.10 Å². The number of nitrogens with one attached hydrogen (secondary N) is 2. The number of phenols is 1. The Kier molecular flexibility index (Phi) is 6.98. The molecule has 0 heterocycles. The molecule has 12 heteroatoms. The Bertz CT molecular complexity index is 1310. The number of hydrogen-bond acceptors (Lipinski definition) is 9. The van der Waals surface area contributed by atoms with Crippen LogP contribution in [0.2, 0.25) is 0 Å². The van der Waals surface area contributed by atoms with Gasteiger partial charge in [0, 0.05) is 12.1 Å². The number of para-hydroxylation sites is 2.